The maximum Gasteiger partial charge on any atom is 0.251 e. The van der Waals surface area contributed by atoms with Crippen molar-refractivity contribution in [1.29, 1.82) is 0 Å². The van der Waals surface area contributed by atoms with Crippen LogP contribution in [0.2, 0.25) is 0 Å². The van der Waals surface area contributed by atoms with E-state index in [0.29, 0.717) is 11.5 Å². The molecule has 3 saturated heterocycles. The molecule has 21 heavy (non-hydrogen) atoms. The van der Waals surface area contributed by atoms with E-state index in [1.54, 1.807) is 0 Å². The lowest BCUT2D eigenvalue weighted by Crippen LogP contribution is -2.57. The fourth-order valence-corrected chi connectivity index (χ4v) is 3.59. The van der Waals surface area contributed by atoms with Crippen molar-refractivity contribution < 1.29 is 9.32 Å². The van der Waals surface area contributed by atoms with Crippen molar-refractivity contribution in [2.45, 2.75) is 25.8 Å². The van der Waals surface area contributed by atoms with Gasteiger partial charge in [0.1, 0.15) is 11.3 Å². The van der Waals surface area contributed by atoms with E-state index in [4.69, 9.17) is 4.52 Å². The summed E-state index contributed by atoms with van der Waals surface area (Å²) in [5.41, 5.74) is 1.40. The summed E-state index contributed by atoms with van der Waals surface area (Å²) in [6, 6.07) is 5.85. The smallest absolute Gasteiger partial charge is 0.251 e. The summed E-state index contributed by atoms with van der Waals surface area (Å²) in [5.74, 6) is 1.42. The highest BCUT2D eigenvalue weighted by molar-refractivity contribution is 5.98. The lowest BCUT2D eigenvalue weighted by Gasteiger charge is -2.44. The largest absolute Gasteiger partial charge is 0.360 e. The molecule has 0 aliphatic carbocycles. The maximum atomic E-state index is 12.5. The van der Waals surface area contributed by atoms with Crippen LogP contribution in [0.15, 0.2) is 22.7 Å². The molecule has 110 valence electrons. The zero-order valence-corrected chi connectivity index (χ0v) is 12.1. The molecule has 1 aromatic carbocycles. The number of aryl methyl sites for hydroxylation is 1. The molecule has 3 aliphatic rings. The minimum Gasteiger partial charge on any atom is -0.360 e. The van der Waals surface area contributed by atoms with Gasteiger partial charge in [0.05, 0.1) is 0 Å². The minimum atomic E-state index is -0.00342. The Labute approximate surface area is 123 Å². The van der Waals surface area contributed by atoms with Crippen LogP contribution >= 0.6 is 0 Å². The second-order valence-corrected chi connectivity index (χ2v) is 6.19. The van der Waals surface area contributed by atoms with Gasteiger partial charge in [0.2, 0.25) is 0 Å². The quantitative estimate of drug-likeness (QED) is 0.916. The monoisotopic (exact) mass is 285 g/mol. The molecule has 0 radical (unpaired) electrons. The van der Waals surface area contributed by atoms with Crippen LogP contribution in [0.4, 0.5) is 0 Å². The molecule has 4 heterocycles. The lowest BCUT2D eigenvalue weighted by atomic mass is 9.84. The first-order valence-electron chi connectivity index (χ1n) is 7.60. The van der Waals surface area contributed by atoms with Crippen molar-refractivity contribution in [3.05, 3.63) is 29.5 Å². The summed E-state index contributed by atoms with van der Waals surface area (Å²) in [4.78, 5) is 14.9. The molecule has 1 atom stereocenters. The number of fused-ring (bicyclic) bond motifs is 4. The third-order valence-electron chi connectivity index (χ3n) is 4.89. The van der Waals surface area contributed by atoms with Gasteiger partial charge in [0, 0.05) is 23.5 Å². The summed E-state index contributed by atoms with van der Waals surface area (Å²) in [6.07, 6.45) is 2.40. The Hall–Kier alpha value is -1.88. The predicted molar refractivity (Wildman–Crippen MR) is 79.2 cm³/mol. The topological polar surface area (TPSA) is 58.4 Å². The summed E-state index contributed by atoms with van der Waals surface area (Å²) in [5, 5.41) is 8.15. The van der Waals surface area contributed by atoms with Gasteiger partial charge in [-0.25, -0.2) is 0 Å². The van der Waals surface area contributed by atoms with Crippen molar-refractivity contribution in [2.75, 3.05) is 19.6 Å². The van der Waals surface area contributed by atoms with Crippen LogP contribution in [0.25, 0.3) is 10.9 Å². The van der Waals surface area contributed by atoms with Crippen molar-refractivity contribution >= 4 is 16.8 Å². The van der Waals surface area contributed by atoms with E-state index in [0.717, 1.165) is 23.2 Å². The van der Waals surface area contributed by atoms with Gasteiger partial charge >= 0.3 is 0 Å². The highest BCUT2D eigenvalue weighted by atomic mass is 16.5. The molecule has 1 N–H and O–H groups in total. The molecule has 3 fully saturated rings. The van der Waals surface area contributed by atoms with Crippen molar-refractivity contribution in [3.8, 4) is 0 Å². The minimum absolute atomic E-state index is 0.00342. The van der Waals surface area contributed by atoms with Gasteiger partial charge in [-0.15, -0.1) is 0 Å². The highest BCUT2D eigenvalue weighted by Gasteiger charge is 2.34. The van der Waals surface area contributed by atoms with E-state index in [-0.39, 0.29) is 11.9 Å². The second kappa shape index (κ2) is 4.84. The Morgan fingerprint density at radius 1 is 1.38 bits per heavy atom. The van der Waals surface area contributed by atoms with Crippen LogP contribution in [-0.2, 0) is 0 Å². The molecular formula is C16H19N3O2. The lowest BCUT2D eigenvalue weighted by molar-refractivity contribution is 0.0620. The Kier molecular flexibility index (Phi) is 2.96. The van der Waals surface area contributed by atoms with Crippen molar-refractivity contribution in [2.24, 2.45) is 5.92 Å². The van der Waals surface area contributed by atoms with E-state index in [2.05, 4.69) is 15.4 Å². The second-order valence-electron chi connectivity index (χ2n) is 6.19. The molecule has 2 bridgehead atoms. The average molecular weight is 285 g/mol. The molecule has 0 unspecified atom stereocenters. The molecule has 0 spiro atoms. The van der Waals surface area contributed by atoms with E-state index < -0.39 is 0 Å². The summed E-state index contributed by atoms with van der Waals surface area (Å²) >= 11 is 0. The number of hydrogen-bond donors (Lipinski definition) is 1. The maximum absolute atomic E-state index is 12.5. The van der Waals surface area contributed by atoms with Crippen molar-refractivity contribution in [1.82, 2.24) is 15.4 Å². The van der Waals surface area contributed by atoms with Crippen molar-refractivity contribution in [3.63, 3.8) is 0 Å². The molecule has 5 rings (SSSR count). The molecule has 3 aliphatic heterocycles. The molecule has 1 aromatic heterocycles. The average Bonchev–Trinajstić information content (AvgIpc) is 2.89. The standard InChI is InChI=1S/C16H19N3O2/c1-10-13-3-2-12(8-14(13)18-21-10)16(20)17-15-9-19-6-4-11(15)5-7-19/h2-3,8,11,15H,4-7,9H2,1H3,(H,17,20)/t15-/m1/s1. The van der Waals surface area contributed by atoms with Gasteiger partial charge in [-0.1, -0.05) is 5.16 Å². The Morgan fingerprint density at radius 3 is 2.90 bits per heavy atom. The highest BCUT2D eigenvalue weighted by Crippen LogP contribution is 2.28. The molecular weight excluding hydrogens is 266 g/mol. The van der Waals surface area contributed by atoms with Crippen LogP contribution in [0.5, 0.6) is 0 Å². The number of carbonyl (C=O) groups is 1. The van der Waals surface area contributed by atoms with Crippen LogP contribution in [0.3, 0.4) is 0 Å². The van der Waals surface area contributed by atoms with Crippen LogP contribution < -0.4 is 5.32 Å². The number of aromatic nitrogens is 1. The molecule has 5 nitrogen and oxygen atoms in total. The number of nitrogens with zero attached hydrogens (tertiary/aromatic N) is 2. The Bertz CT molecular complexity index is 686. The zero-order valence-electron chi connectivity index (χ0n) is 12.1. The van der Waals surface area contributed by atoms with E-state index in [1.165, 1.54) is 25.9 Å². The van der Waals surface area contributed by atoms with Gasteiger partial charge in [0.15, 0.2) is 0 Å². The van der Waals surface area contributed by atoms with Gasteiger partial charge in [0.25, 0.3) is 5.91 Å². The zero-order chi connectivity index (χ0) is 14.4. The van der Waals surface area contributed by atoms with E-state index in [1.807, 2.05) is 25.1 Å². The van der Waals surface area contributed by atoms with Gasteiger partial charge in [-0.3, -0.25) is 4.79 Å². The van der Waals surface area contributed by atoms with E-state index >= 15 is 0 Å². The fraction of sp³-hybridized carbons (Fsp3) is 0.500. The number of amides is 1. The third-order valence-corrected chi connectivity index (χ3v) is 4.89. The van der Waals surface area contributed by atoms with Crippen LogP contribution in [0, 0.1) is 12.8 Å². The van der Waals surface area contributed by atoms with Gasteiger partial charge in [-0.05, 0) is 57.0 Å². The first-order valence-corrected chi connectivity index (χ1v) is 7.60. The van der Waals surface area contributed by atoms with Gasteiger partial charge in [-0.2, -0.15) is 0 Å². The van der Waals surface area contributed by atoms with Gasteiger partial charge < -0.3 is 14.7 Å². The SMILES string of the molecule is Cc1onc2cc(C(=O)N[C@@H]3CN4CCC3CC4)ccc12. The summed E-state index contributed by atoms with van der Waals surface area (Å²) in [7, 11) is 0. The Morgan fingerprint density at radius 2 is 2.19 bits per heavy atom. The van der Waals surface area contributed by atoms with Crippen LogP contribution in [-0.4, -0.2) is 41.6 Å². The normalized spacial score (nSPS) is 28.0. The number of benzene rings is 1. The summed E-state index contributed by atoms with van der Waals surface area (Å²) in [6.45, 7) is 5.23. The summed E-state index contributed by atoms with van der Waals surface area (Å²) < 4.78 is 5.15. The number of hydrogen-bond acceptors (Lipinski definition) is 4. The first-order chi connectivity index (χ1) is 10.2. The van der Waals surface area contributed by atoms with E-state index in [9.17, 15) is 4.79 Å². The number of carbonyl (C=O) groups excluding carboxylic acids is 1. The number of piperidine rings is 3. The molecule has 0 saturated carbocycles. The molecule has 5 heteroatoms. The molecule has 2 aromatic rings. The first kappa shape index (κ1) is 12.8. The third kappa shape index (κ3) is 2.21. The predicted octanol–water partition coefficient (Wildman–Crippen LogP) is 1.96. The molecule has 1 amide bonds. The van der Waals surface area contributed by atoms with Crippen LogP contribution in [0.1, 0.15) is 29.0 Å². The number of nitrogens with one attached hydrogen (secondary N) is 1. The fourth-order valence-electron chi connectivity index (χ4n) is 3.59. The number of rotatable bonds is 2. The Balaban J connectivity index is 1.53.